The number of para-hydroxylation sites is 1. The predicted molar refractivity (Wildman–Crippen MR) is 52.2 cm³/mol. The summed E-state index contributed by atoms with van der Waals surface area (Å²) in [5.41, 5.74) is 0. The maximum Gasteiger partial charge on any atom is 0.181 e. The zero-order valence-electron chi connectivity index (χ0n) is 6.92. The van der Waals surface area contributed by atoms with Crippen LogP contribution in [0.15, 0.2) is 18.2 Å². The lowest BCUT2D eigenvalue weighted by atomic mass is 10.3. The first kappa shape index (κ1) is 10.2. The molecule has 2 nitrogen and oxygen atoms in total. The van der Waals surface area contributed by atoms with Crippen molar-refractivity contribution in [2.45, 2.75) is 13.0 Å². The van der Waals surface area contributed by atoms with Gasteiger partial charge in [0.05, 0.1) is 10.0 Å². The molecule has 1 atom stereocenters. The minimum Gasteiger partial charge on any atom is -0.473 e. The van der Waals surface area contributed by atoms with E-state index in [9.17, 15) is 0 Å². The number of halogens is 2. The monoisotopic (exact) mass is 215 g/mol. The van der Waals surface area contributed by atoms with Crippen LogP contribution in [0.25, 0.3) is 0 Å². The second-order valence-corrected chi connectivity index (χ2v) is 3.25. The van der Waals surface area contributed by atoms with Crippen molar-refractivity contribution < 1.29 is 4.74 Å². The van der Waals surface area contributed by atoms with Crippen molar-refractivity contribution in [3.63, 3.8) is 0 Å². The molecule has 1 unspecified atom stereocenters. The fourth-order valence-electron chi connectivity index (χ4n) is 0.798. The lowest BCUT2D eigenvalue weighted by molar-refractivity contribution is 0.277. The van der Waals surface area contributed by atoms with E-state index in [1.165, 1.54) is 0 Å². The normalized spacial score (nSPS) is 11.8. The van der Waals surface area contributed by atoms with Gasteiger partial charge in [0, 0.05) is 0 Å². The molecule has 0 saturated carbocycles. The van der Waals surface area contributed by atoms with E-state index in [0.717, 1.165) is 0 Å². The van der Waals surface area contributed by atoms with Gasteiger partial charge in [-0.1, -0.05) is 29.3 Å². The summed E-state index contributed by atoms with van der Waals surface area (Å²) in [5, 5.41) is 9.34. The van der Waals surface area contributed by atoms with Gasteiger partial charge >= 0.3 is 0 Å². The van der Waals surface area contributed by atoms with Gasteiger partial charge in [0.25, 0.3) is 0 Å². The molecule has 0 saturated heterocycles. The van der Waals surface area contributed by atoms with Crippen molar-refractivity contribution in [3.05, 3.63) is 28.2 Å². The Morgan fingerprint density at radius 2 is 1.92 bits per heavy atom. The highest BCUT2D eigenvalue weighted by Gasteiger charge is 2.09. The van der Waals surface area contributed by atoms with E-state index in [1.807, 2.05) is 6.07 Å². The number of benzene rings is 1. The molecule has 0 aliphatic rings. The first-order valence-electron chi connectivity index (χ1n) is 3.65. The third-order valence-corrected chi connectivity index (χ3v) is 1.99. The molecule has 1 aromatic carbocycles. The summed E-state index contributed by atoms with van der Waals surface area (Å²) in [7, 11) is 0. The van der Waals surface area contributed by atoms with Crippen LogP contribution in [-0.4, -0.2) is 6.10 Å². The molecule has 0 heterocycles. The summed E-state index contributed by atoms with van der Waals surface area (Å²) in [6, 6.07) is 6.96. The summed E-state index contributed by atoms with van der Waals surface area (Å²) in [6.07, 6.45) is -0.558. The van der Waals surface area contributed by atoms with Gasteiger partial charge in [-0.3, -0.25) is 0 Å². The van der Waals surface area contributed by atoms with Crippen molar-refractivity contribution in [1.82, 2.24) is 0 Å². The number of ether oxygens (including phenoxy) is 1. The topological polar surface area (TPSA) is 33.0 Å². The summed E-state index contributed by atoms with van der Waals surface area (Å²) in [6.45, 7) is 1.62. The molecular formula is C9H7Cl2NO. The van der Waals surface area contributed by atoms with E-state index in [2.05, 4.69) is 0 Å². The lowest BCUT2D eigenvalue weighted by Gasteiger charge is -2.10. The molecule has 1 rings (SSSR count). The molecule has 0 aromatic heterocycles. The molecular weight excluding hydrogens is 209 g/mol. The highest BCUT2D eigenvalue weighted by atomic mass is 35.5. The van der Waals surface area contributed by atoms with Gasteiger partial charge in [-0.15, -0.1) is 0 Å². The minimum absolute atomic E-state index is 0.361. The van der Waals surface area contributed by atoms with Crippen molar-refractivity contribution in [2.24, 2.45) is 0 Å². The summed E-state index contributed by atoms with van der Waals surface area (Å²) >= 11 is 11.6. The van der Waals surface area contributed by atoms with E-state index >= 15 is 0 Å². The lowest BCUT2D eigenvalue weighted by Crippen LogP contribution is -2.08. The fraction of sp³-hybridized carbons (Fsp3) is 0.222. The molecule has 0 aliphatic heterocycles. The van der Waals surface area contributed by atoms with Crippen LogP contribution in [0.2, 0.25) is 10.0 Å². The van der Waals surface area contributed by atoms with Crippen LogP contribution in [0, 0.1) is 11.3 Å². The Kier molecular flexibility index (Phi) is 3.41. The molecule has 0 aliphatic carbocycles. The first-order chi connectivity index (χ1) is 6.15. The smallest absolute Gasteiger partial charge is 0.181 e. The van der Waals surface area contributed by atoms with Crippen molar-refractivity contribution >= 4 is 23.2 Å². The van der Waals surface area contributed by atoms with Crippen LogP contribution in [0.5, 0.6) is 5.75 Å². The Labute approximate surface area is 86.6 Å². The Balaban J connectivity index is 2.95. The van der Waals surface area contributed by atoms with Crippen LogP contribution in [0.1, 0.15) is 6.92 Å². The third kappa shape index (κ3) is 2.51. The summed E-state index contributed by atoms with van der Waals surface area (Å²) < 4.78 is 5.20. The second kappa shape index (κ2) is 4.36. The zero-order chi connectivity index (χ0) is 9.84. The molecule has 4 heteroatoms. The number of nitriles is 1. The van der Waals surface area contributed by atoms with Crippen LogP contribution < -0.4 is 4.74 Å². The average Bonchev–Trinajstić information content (AvgIpc) is 2.11. The third-order valence-electron chi connectivity index (χ3n) is 1.40. The molecule has 0 N–H and O–H groups in total. The van der Waals surface area contributed by atoms with Gasteiger partial charge in [-0.25, -0.2) is 0 Å². The Morgan fingerprint density at radius 1 is 1.38 bits per heavy atom. The average molecular weight is 216 g/mol. The Bertz CT molecular complexity index is 326. The molecule has 0 fully saturated rings. The molecule has 0 bridgehead atoms. The zero-order valence-corrected chi connectivity index (χ0v) is 8.43. The standard InChI is InChI=1S/C9H7Cl2NO/c1-6(5-12)13-9-7(10)3-2-4-8(9)11/h2-4,6H,1H3. The van der Waals surface area contributed by atoms with E-state index in [-0.39, 0.29) is 0 Å². The highest BCUT2D eigenvalue weighted by Crippen LogP contribution is 2.32. The molecule has 1 aromatic rings. The van der Waals surface area contributed by atoms with Gasteiger partial charge in [0.15, 0.2) is 11.9 Å². The molecule has 68 valence electrons. The van der Waals surface area contributed by atoms with E-state index in [0.29, 0.717) is 15.8 Å². The first-order valence-corrected chi connectivity index (χ1v) is 4.41. The number of rotatable bonds is 2. The van der Waals surface area contributed by atoms with E-state index in [4.69, 9.17) is 33.2 Å². The van der Waals surface area contributed by atoms with E-state index < -0.39 is 6.10 Å². The largest absolute Gasteiger partial charge is 0.473 e. The maximum absolute atomic E-state index is 8.52. The van der Waals surface area contributed by atoms with Crippen LogP contribution >= 0.6 is 23.2 Å². The van der Waals surface area contributed by atoms with Gasteiger partial charge < -0.3 is 4.74 Å². The van der Waals surface area contributed by atoms with Gasteiger partial charge in [-0.2, -0.15) is 5.26 Å². The van der Waals surface area contributed by atoms with Gasteiger partial charge in [0.2, 0.25) is 0 Å². The predicted octanol–water partition coefficient (Wildman–Crippen LogP) is 3.28. The second-order valence-electron chi connectivity index (χ2n) is 2.44. The maximum atomic E-state index is 8.52. The van der Waals surface area contributed by atoms with Crippen molar-refractivity contribution in [2.75, 3.05) is 0 Å². The highest BCUT2D eigenvalue weighted by molar-refractivity contribution is 6.37. The number of nitrogens with zero attached hydrogens (tertiary/aromatic N) is 1. The minimum atomic E-state index is -0.558. The van der Waals surface area contributed by atoms with E-state index in [1.54, 1.807) is 25.1 Å². The quantitative estimate of drug-likeness (QED) is 0.759. The molecule has 13 heavy (non-hydrogen) atoms. The molecule has 0 radical (unpaired) electrons. The number of hydrogen-bond donors (Lipinski definition) is 0. The van der Waals surface area contributed by atoms with Crippen LogP contribution in [0.4, 0.5) is 0 Å². The van der Waals surface area contributed by atoms with Gasteiger partial charge in [-0.05, 0) is 19.1 Å². The Hall–Kier alpha value is -0.910. The molecule has 0 spiro atoms. The van der Waals surface area contributed by atoms with Crippen LogP contribution in [0.3, 0.4) is 0 Å². The SMILES string of the molecule is CC(C#N)Oc1c(Cl)cccc1Cl. The van der Waals surface area contributed by atoms with Crippen LogP contribution in [-0.2, 0) is 0 Å². The molecule has 0 amide bonds. The number of hydrogen-bond acceptors (Lipinski definition) is 2. The van der Waals surface area contributed by atoms with Crippen molar-refractivity contribution in [1.29, 1.82) is 5.26 Å². The fourth-order valence-corrected chi connectivity index (χ4v) is 1.28. The van der Waals surface area contributed by atoms with Crippen molar-refractivity contribution in [3.8, 4) is 11.8 Å². The summed E-state index contributed by atoms with van der Waals surface area (Å²) in [4.78, 5) is 0. The Morgan fingerprint density at radius 3 is 2.38 bits per heavy atom. The summed E-state index contributed by atoms with van der Waals surface area (Å²) in [5.74, 6) is 0.361. The van der Waals surface area contributed by atoms with Gasteiger partial charge in [0.1, 0.15) is 6.07 Å².